The number of carbonyl (C=O) groups excluding carboxylic acids is 1. The van der Waals surface area contributed by atoms with E-state index in [1.165, 1.54) is 30.5 Å². The largest absolute Gasteiger partial charge is 0.468 e. The second-order valence-corrected chi connectivity index (χ2v) is 6.58. The van der Waals surface area contributed by atoms with Crippen LogP contribution in [0, 0.1) is 11.7 Å². The van der Waals surface area contributed by atoms with Gasteiger partial charge in [-0.15, -0.1) is 0 Å². The lowest BCUT2D eigenvalue weighted by atomic mass is 10.1. The Morgan fingerprint density at radius 1 is 1.21 bits per heavy atom. The first-order chi connectivity index (χ1) is 13.3. The highest BCUT2D eigenvalue weighted by molar-refractivity contribution is 5.93. The third-order valence-electron chi connectivity index (χ3n) is 4.41. The van der Waals surface area contributed by atoms with Crippen molar-refractivity contribution in [3.05, 3.63) is 54.0 Å². The summed E-state index contributed by atoms with van der Waals surface area (Å²) in [5.74, 6) is -0.582. The van der Waals surface area contributed by atoms with Crippen LogP contribution in [0.3, 0.4) is 0 Å². The maximum Gasteiger partial charge on any atom is 0.422 e. The van der Waals surface area contributed by atoms with Gasteiger partial charge in [-0.25, -0.2) is 9.37 Å². The Balaban J connectivity index is 1.46. The van der Waals surface area contributed by atoms with E-state index in [0.717, 1.165) is 25.2 Å². The Hall–Kier alpha value is -2.84. The van der Waals surface area contributed by atoms with Crippen molar-refractivity contribution < 1.29 is 27.1 Å². The van der Waals surface area contributed by atoms with Gasteiger partial charge in [0.1, 0.15) is 5.82 Å². The molecule has 0 bridgehead atoms. The van der Waals surface area contributed by atoms with E-state index in [4.69, 9.17) is 0 Å². The zero-order valence-electron chi connectivity index (χ0n) is 14.9. The second-order valence-electron chi connectivity index (χ2n) is 6.58. The van der Waals surface area contributed by atoms with E-state index in [1.807, 2.05) is 0 Å². The van der Waals surface area contributed by atoms with Gasteiger partial charge in [0.05, 0.1) is 5.56 Å². The summed E-state index contributed by atoms with van der Waals surface area (Å²) in [6.07, 6.45) is -2.37. The number of benzene rings is 1. The molecule has 5 nitrogen and oxygen atoms in total. The van der Waals surface area contributed by atoms with Gasteiger partial charge in [-0.3, -0.25) is 4.79 Å². The van der Waals surface area contributed by atoms with E-state index in [0.29, 0.717) is 6.54 Å². The van der Waals surface area contributed by atoms with E-state index in [2.05, 4.69) is 19.9 Å². The first-order valence-electron chi connectivity index (χ1n) is 8.74. The van der Waals surface area contributed by atoms with Crippen LogP contribution in [0.2, 0.25) is 0 Å². The molecule has 28 heavy (non-hydrogen) atoms. The molecule has 1 aliphatic heterocycles. The molecule has 0 radical (unpaired) electrons. The van der Waals surface area contributed by atoms with Crippen LogP contribution in [0.5, 0.6) is 5.88 Å². The van der Waals surface area contributed by atoms with Crippen molar-refractivity contribution in [1.29, 1.82) is 0 Å². The van der Waals surface area contributed by atoms with E-state index in [1.54, 1.807) is 12.1 Å². The molecule has 1 aromatic carbocycles. The SMILES string of the molecule is O=C(NCC1CCN(c2ccc(F)cc2)C1)c1ccc(OCC(F)(F)F)nc1. The molecule has 150 valence electrons. The molecule has 0 saturated carbocycles. The standard InChI is InChI=1S/C19H19F4N3O2/c20-15-2-4-16(5-3-15)26-8-7-13(11-26)9-25-18(27)14-1-6-17(24-10-14)28-12-19(21,22)23/h1-6,10,13H,7-9,11-12H2,(H,25,27). The van der Waals surface area contributed by atoms with Crippen molar-refractivity contribution in [3.63, 3.8) is 0 Å². The Bertz CT molecular complexity index is 794. The van der Waals surface area contributed by atoms with Crippen LogP contribution < -0.4 is 15.0 Å². The number of nitrogens with zero attached hydrogens (tertiary/aromatic N) is 2. The maximum absolute atomic E-state index is 13.0. The molecule has 0 spiro atoms. The number of halogens is 4. The van der Waals surface area contributed by atoms with Crippen molar-refractivity contribution in [3.8, 4) is 5.88 Å². The molecule has 1 saturated heterocycles. The minimum atomic E-state index is -4.44. The van der Waals surface area contributed by atoms with Crippen molar-refractivity contribution in [2.24, 2.45) is 5.92 Å². The molecule has 1 fully saturated rings. The fourth-order valence-corrected chi connectivity index (χ4v) is 2.98. The number of alkyl halides is 3. The average Bonchev–Trinajstić information content (AvgIpc) is 3.14. The molecule has 0 aliphatic carbocycles. The lowest BCUT2D eigenvalue weighted by molar-refractivity contribution is -0.154. The molecule has 1 N–H and O–H groups in total. The molecule has 1 aliphatic rings. The van der Waals surface area contributed by atoms with Crippen molar-refractivity contribution in [2.75, 3.05) is 31.1 Å². The van der Waals surface area contributed by atoms with E-state index < -0.39 is 12.8 Å². The first-order valence-corrected chi connectivity index (χ1v) is 8.74. The Morgan fingerprint density at radius 2 is 1.96 bits per heavy atom. The fourth-order valence-electron chi connectivity index (χ4n) is 2.98. The number of hydrogen-bond donors (Lipinski definition) is 1. The number of nitrogens with one attached hydrogen (secondary N) is 1. The number of ether oxygens (including phenoxy) is 1. The highest BCUT2D eigenvalue weighted by atomic mass is 19.4. The summed E-state index contributed by atoms with van der Waals surface area (Å²) in [4.78, 5) is 18.0. The summed E-state index contributed by atoms with van der Waals surface area (Å²) in [7, 11) is 0. The monoisotopic (exact) mass is 397 g/mol. The number of hydrogen-bond acceptors (Lipinski definition) is 4. The third-order valence-corrected chi connectivity index (χ3v) is 4.41. The number of amides is 1. The van der Waals surface area contributed by atoms with Crippen molar-refractivity contribution >= 4 is 11.6 Å². The van der Waals surface area contributed by atoms with Gasteiger partial charge in [0.2, 0.25) is 5.88 Å². The summed E-state index contributed by atoms with van der Waals surface area (Å²) in [5, 5.41) is 2.81. The minimum absolute atomic E-state index is 0.195. The third kappa shape index (κ3) is 5.58. The van der Waals surface area contributed by atoms with E-state index >= 15 is 0 Å². The molecule has 9 heteroatoms. The van der Waals surface area contributed by atoms with Crippen LogP contribution >= 0.6 is 0 Å². The van der Waals surface area contributed by atoms with Crippen LogP contribution in [0.25, 0.3) is 0 Å². The zero-order chi connectivity index (χ0) is 20.1. The maximum atomic E-state index is 13.0. The Morgan fingerprint density at radius 3 is 2.61 bits per heavy atom. The normalized spacial score (nSPS) is 16.9. The molecule has 1 atom stereocenters. The van der Waals surface area contributed by atoms with Gasteiger partial charge >= 0.3 is 6.18 Å². The molecule has 1 unspecified atom stereocenters. The summed E-state index contributed by atoms with van der Waals surface area (Å²) >= 11 is 0. The highest BCUT2D eigenvalue weighted by Gasteiger charge is 2.28. The topological polar surface area (TPSA) is 54.5 Å². The second kappa shape index (κ2) is 8.45. The van der Waals surface area contributed by atoms with Gasteiger partial charge in [0, 0.05) is 37.6 Å². The summed E-state index contributed by atoms with van der Waals surface area (Å²) in [6.45, 7) is 0.591. The number of rotatable bonds is 6. The predicted octanol–water partition coefficient (Wildman–Crippen LogP) is 3.42. The van der Waals surface area contributed by atoms with Gasteiger partial charge < -0.3 is 15.0 Å². The van der Waals surface area contributed by atoms with Gasteiger partial charge in [0.15, 0.2) is 6.61 Å². The summed E-state index contributed by atoms with van der Waals surface area (Å²) in [5.41, 5.74) is 1.18. The average molecular weight is 397 g/mol. The van der Waals surface area contributed by atoms with Crippen LogP contribution in [-0.4, -0.2) is 43.3 Å². The van der Waals surface area contributed by atoms with Gasteiger partial charge in [0.25, 0.3) is 5.91 Å². The summed E-state index contributed by atoms with van der Waals surface area (Å²) < 4.78 is 53.9. The highest BCUT2D eigenvalue weighted by Crippen LogP contribution is 2.23. The van der Waals surface area contributed by atoms with Gasteiger partial charge in [-0.1, -0.05) is 0 Å². The number of carbonyl (C=O) groups is 1. The molecule has 1 aromatic heterocycles. The molecule has 3 rings (SSSR count). The molecular weight excluding hydrogens is 378 g/mol. The number of pyridine rings is 1. The number of aromatic nitrogens is 1. The number of anilines is 1. The first kappa shape index (κ1) is 19.9. The lowest BCUT2D eigenvalue weighted by Gasteiger charge is -2.18. The fraction of sp³-hybridized carbons (Fsp3) is 0.368. The van der Waals surface area contributed by atoms with Crippen molar-refractivity contribution in [1.82, 2.24) is 10.3 Å². The van der Waals surface area contributed by atoms with E-state index in [9.17, 15) is 22.4 Å². The molecular formula is C19H19F4N3O2. The predicted molar refractivity (Wildman–Crippen MR) is 94.8 cm³/mol. The zero-order valence-corrected chi connectivity index (χ0v) is 14.9. The molecule has 2 heterocycles. The summed E-state index contributed by atoms with van der Waals surface area (Å²) in [6, 6.07) is 8.88. The Kier molecular flexibility index (Phi) is 6.01. The van der Waals surface area contributed by atoms with E-state index in [-0.39, 0.29) is 29.1 Å². The quantitative estimate of drug-likeness (QED) is 0.759. The van der Waals surface area contributed by atoms with Crippen LogP contribution in [0.4, 0.5) is 23.2 Å². The smallest absolute Gasteiger partial charge is 0.422 e. The lowest BCUT2D eigenvalue weighted by Crippen LogP contribution is -2.31. The van der Waals surface area contributed by atoms with Crippen LogP contribution in [0.15, 0.2) is 42.6 Å². The van der Waals surface area contributed by atoms with Crippen molar-refractivity contribution in [2.45, 2.75) is 12.6 Å². The molecule has 1 amide bonds. The van der Waals surface area contributed by atoms with Gasteiger partial charge in [-0.05, 0) is 42.7 Å². The van der Waals surface area contributed by atoms with Crippen LogP contribution in [-0.2, 0) is 0 Å². The van der Waals surface area contributed by atoms with Gasteiger partial charge in [-0.2, -0.15) is 13.2 Å². The Labute approximate surface area is 159 Å². The minimum Gasteiger partial charge on any atom is -0.468 e. The molecule has 2 aromatic rings. The van der Waals surface area contributed by atoms with Crippen LogP contribution in [0.1, 0.15) is 16.8 Å².